The van der Waals surface area contributed by atoms with Crippen LogP contribution in [-0.2, 0) is 5.41 Å². The summed E-state index contributed by atoms with van der Waals surface area (Å²) in [5, 5.41) is 0.840. The molecular formula is C14H18ClNS. The second-order valence-corrected chi connectivity index (χ2v) is 6.26. The highest BCUT2D eigenvalue weighted by Gasteiger charge is 2.60. The van der Waals surface area contributed by atoms with E-state index in [0.29, 0.717) is 5.41 Å². The molecule has 1 saturated heterocycles. The summed E-state index contributed by atoms with van der Waals surface area (Å²) in [6.07, 6.45) is 2.57. The van der Waals surface area contributed by atoms with Crippen LogP contribution < -0.4 is 0 Å². The van der Waals surface area contributed by atoms with Gasteiger partial charge in [-0.25, -0.2) is 0 Å². The van der Waals surface area contributed by atoms with Crippen LogP contribution in [0.3, 0.4) is 0 Å². The highest BCUT2D eigenvalue weighted by Crippen LogP contribution is 2.58. The summed E-state index contributed by atoms with van der Waals surface area (Å²) in [5.74, 6) is 1.87. The lowest BCUT2D eigenvalue weighted by atomic mass is 9.95. The first-order valence-corrected chi connectivity index (χ1v) is 7.35. The molecule has 1 aliphatic heterocycles. The minimum Gasteiger partial charge on any atom is -0.302 e. The quantitative estimate of drug-likeness (QED) is 0.820. The third-order valence-electron chi connectivity index (χ3n) is 4.27. The number of nitrogens with zero attached hydrogens (tertiary/aromatic N) is 1. The predicted molar refractivity (Wildman–Crippen MR) is 76.1 cm³/mol. The molecule has 2 fully saturated rings. The van der Waals surface area contributed by atoms with Gasteiger partial charge in [-0.15, -0.1) is 0 Å². The molecule has 1 aromatic carbocycles. The summed E-state index contributed by atoms with van der Waals surface area (Å²) in [4.78, 5) is 2.60. The van der Waals surface area contributed by atoms with Crippen LogP contribution in [0.5, 0.6) is 0 Å². The van der Waals surface area contributed by atoms with Gasteiger partial charge in [0.05, 0.1) is 0 Å². The molecule has 3 rings (SSSR count). The first-order chi connectivity index (χ1) is 8.24. The SMILES string of the molecule is SCCCN1CC2CC2(c2ccc(Cl)cc2)C1. The molecule has 92 valence electrons. The monoisotopic (exact) mass is 267 g/mol. The molecule has 0 aromatic heterocycles. The van der Waals surface area contributed by atoms with Crippen molar-refractivity contribution in [1.82, 2.24) is 4.90 Å². The Morgan fingerprint density at radius 2 is 2.12 bits per heavy atom. The van der Waals surface area contributed by atoms with Crippen LogP contribution in [0, 0.1) is 5.92 Å². The van der Waals surface area contributed by atoms with Gasteiger partial charge in [-0.05, 0) is 48.8 Å². The second kappa shape index (κ2) is 4.49. The number of thiol groups is 1. The highest BCUT2D eigenvalue weighted by molar-refractivity contribution is 7.80. The lowest BCUT2D eigenvalue weighted by molar-refractivity contribution is 0.300. The summed E-state index contributed by atoms with van der Waals surface area (Å²) in [6.45, 7) is 3.71. The highest BCUT2D eigenvalue weighted by atomic mass is 35.5. The molecule has 0 bridgehead atoms. The van der Waals surface area contributed by atoms with Gasteiger partial charge in [0.1, 0.15) is 0 Å². The zero-order valence-corrected chi connectivity index (χ0v) is 11.6. The van der Waals surface area contributed by atoms with Crippen LogP contribution in [-0.4, -0.2) is 30.3 Å². The molecule has 0 amide bonds. The Labute approximate surface area is 114 Å². The second-order valence-electron chi connectivity index (χ2n) is 5.38. The standard InChI is InChI=1S/C14H18ClNS/c15-13-4-2-11(3-5-13)14-8-12(14)9-16(10-14)6-1-7-17/h2-5,12,17H,1,6-10H2. The maximum Gasteiger partial charge on any atom is 0.0406 e. The van der Waals surface area contributed by atoms with Gasteiger partial charge in [-0.3, -0.25) is 0 Å². The van der Waals surface area contributed by atoms with Crippen LogP contribution in [0.1, 0.15) is 18.4 Å². The van der Waals surface area contributed by atoms with Gasteiger partial charge in [-0.2, -0.15) is 12.6 Å². The van der Waals surface area contributed by atoms with E-state index < -0.39 is 0 Å². The molecular weight excluding hydrogens is 250 g/mol. The molecule has 1 heterocycles. The summed E-state index contributed by atoms with van der Waals surface area (Å²) < 4.78 is 0. The Hall–Kier alpha value is -0.180. The fraction of sp³-hybridized carbons (Fsp3) is 0.571. The van der Waals surface area contributed by atoms with E-state index in [9.17, 15) is 0 Å². The van der Waals surface area contributed by atoms with E-state index in [4.69, 9.17) is 11.6 Å². The summed E-state index contributed by atoms with van der Waals surface area (Å²) in [6, 6.07) is 8.48. The van der Waals surface area contributed by atoms with Crippen molar-refractivity contribution in [2.45, 2.75) is 18.3 Å². The van der Waals surface area contributed by atoms with Gasteiger partial charge in [0, 0.05) is 23.5 Å². The van der Waals surface area contributed by atoms with E-state index in [1.807, 2.05) is 12.1 Å². The number of likely N-dealkylation sites (tertiary alicyclic amines) is 1. The molecule has 0 N–H and O–H groups in total. The van der Waals surface area contributed by atoms with Crippen molar-refractivity contribution < 1.29 is 0 Å². The number of hydrogen-bond acceptors (Lipinski definition) is 2. The third-order valence-corrected chi connectivity index (χ3v) is 4.84. The fourth-order valence-electron chi connectivity index (χ4n) is 3.28. The van der Waals surface area contributed by atoms with Crippen molar-refractivity contribution in [3.63, 3.8) is 0 Å². The molecule has 2 aliphatic rings. The Balaban J connectivity index is 1.71. The molecule has 0 spiro atoms. The van der Waals surface area contributed by atoms with Crippen molar-refractivity contribution in [3.8, 4) is 0 Å². The molecule has 17 heavy (non-hydrogen) atoms. The van der Waals surface area contributed by atoms with Crippen molar-refractivity contribution in [2.24, 2.45) is 5.92 Å². The van der Waals surface area contributed by atoms with E-state index in [1.165, 1.54) is 38.0 Å². The predicted octanol–water partition coefficient (Wildman–Crippen LogP) is 3.23. The van der Waals surface area contributed by atoms with Crippen molar-refractivity contribution in [3.05, 3.63) is 34.9 Å². The molecule has 3 heteroatoms. The minimum atomic E-state index is 0.460. The summed E-state index contributed by atoms with van der Waals surface area (Å²) in [5.41, 5.74) is 1.95. The van der Waals surface area contributed by atoms with Gasteiger partial charge in [0.25, 0.3) is 0 Å². The largest absolute Gasteiger partial charge is 0.302 e. The molecule has 1 saturated carbocycles. The average Bonchev–Trinajstić information content (AvgIpc) is 2.91. The van der Waals surface area contributed by atoms with Crippen molar-refractivity contribution in [2.75, 3.05) is 25.4 Å². The van der Waals surface area contributed by atoms with Gasteiger partial charge in [0.15, 0.2) is 0 Å². The molecule has 1 nitrogen and oxygen atoms in total. The van der Waals surface area contributed by atoms with Crippen LogP contribution >= 0.6 is 24.2 Å². The van der Waals surface area contributed by atoms with Gasteiger partial charge >= 0.3 is 0 Å². The van der Waals surface area contributed by atoms with E-state index in [0.717, 1.165) is 16.7 Å². The molecule has 1 aliphatic carbocycles. The fourth-order valence-corrected chi connectivity index (χ4v) is 3.55. The van der Waals surface area contributed by atoms with E-state index in [-0.39, 0.29) is 0 Å². The number of fused-ring (bicyclic) bond motifs is 1. The van der Waals surface area contributed by atoms with Crippen LogP contribution in [0.2, 0.25) is 5.02 Å². The lowest BCUT2D eigenvalue weighted by Crippen LogP contribution is -2.27. The van der Waals surface area contributed by atoms with Gasteiger partial charge < -0.3 is 4.90 Å². The number of halogens is 1. The average molecular weight is 268 g/mol. The van der Waals surface area contributed by atoms with E-state index in [1.54, 1.807) is 0 Å². The van der Waals surface area contributed by atoms with Crippen LogP contribution in [0.15, 0.2) is 24.3 Å². The van der Waals surface area contributed by atoms with E-state index >= 15 is 0 Å². The first-order valence-electron chi connectivity index (χ1n) is 6.34. The molecule has 0 radical (unpaired) electrons. The maximum atomic E-state index is 5.96. The molecule has 2 unspecified atom stereocenters. The van der Waals surface area contributed by atoms with Gasteiger partial charge in [-0.1, -0.05) is 23.7 Å². The Morgan fingerprint density at radius 1 is 1.35 bits per heavy atom. The Kier molecular flexibility index (Phi) is 3.14. The van der Waals surface area contributed by atoms with E-state index in [2.05, 4.69) is 29.7 Å². The zero-order valence-electron chi connectivity index (χ0n) is 9.90. The number of benzene rings is 1. The topological polar surface area (TPSA) is 3.24 Å². The Morgan fingerprint density at radius 3 is 2.82 bits per heavy atom. The first kappa shape index (κ1) is 11.9. The zero-order chi connectivity index (χ0) is 11.9. The van der Waals surface area contributed by atoms with Crippen LogP contribution in [0.4, 0.5) is 0 Å². The third kappa shape index (κ3) is 2.11. The smallest absolute Gasteiger partial charge is 0.0406 e. The Bertz CT molecular complexity index is 405. The van der Waals surface area contributed by atoms with Gasteiger partial charge in [0.2, 0.25) is 0 Å². The number of hydrogen-bond donors (Lipinski definition) is 1. The van der Waals surface area contributed by atoms with Crippen LogP contribution in [0.25, 0.3) is 0 Å². The molecule has 2 atom stereocenters. The summed E-state index contributed by atoms with van der Waals surface area (Å²) >= 11 is 10.2. The number of piperidine rings is 1. The number of rotatable bonds is 4. The normalized spacial score (nSPS) is 31.5. The maximum absolute atomic E-state index is 5.96. The van der Waals surface area contributed by atoms with Crippen molar-refractivity contribution >= 4 is 24.2 Å². The lowest BCUT2D eigenvalue weighted by Gasteiger charge is -2.20. The summed E-state index contributed by atoms with van der Waals surface area (Å²) in [7, 11) is 0. The minimum absolute atomic E-state index is 0.460. The van der Waals surface area contributed by atoms with Crippen molar-refractivity contribution in [1.29, 1.82) is 0 Å². The molecule has 1 aromatic rings.